The van der Waals surface area contributed by atoms with Gasteiger partial charge in [0.15, 0.2) is 0 Å². The van der Waals surface area contributed by atoms with E-state index in [1.54, 1.807) is 78.9 Å². The molecule has 29 nitrogen and oxygen atoms in total. The van der Waals surface area contributed by atoms with Crippen LogP contribution in [-0.4, -0.2) is 207 Å². The van der Waals surface area contributed by atoms with E-state index < -0.39 is 150 Å². The van der Waals surface area contributed by atoms with Gasteiger partial charge in [0.2, 0.25) is 65.0 Å². The van der Waals surface area contributed by atoms with Gasteiger partial charge in [-0.05, 0) is 95.9 Å². The first-order valence-electron chi connectivity index (χ1n) is 35.7. The number of nitrogens with zero attached hydrogens (tertiary/aromatic N) is 1. The summed E-state index contributed by atoms with van der Waals surface area (Å²) in [6, 6.07) is 25.6. The fourth-order valence-electron chi connectivity index (χ4n) is 11.8. The van der Waals surface area contributed by atoms with Gasteiger partial charge in [-0.15, -0.1) is 0 Å². The lowest BCUT2D eigenvalue weighted by Crippen LogP contribution is -2.63. The molecule has 1 aliphatic heterocycles. The van der Waals surface area contributed by atoms with E-state index in [1.807, 2.05) is 62.4 Å². The molecule has 0 radical (unpaired) electrons. The van der Waals surface area contributed by atoms with Crippen LogP contribution in [0, 0.1) is 0 Å². The minimum atomic E-state index is -1.93. The summed E-state index contributed by atoms with van der Waals surface area (Å²) in [6.07, 6.45) is -3.77. The molecular weight excluding hydrogens is 1430 g/mol. The molecule has 31 heteroatoms. The van der Waals surface area contributed by atoms with Crippen molar-refractivity contribution in [1.29, 1.82) is 0 Å². The predicted molar refractivity (Wildman–Crippen MR) is 411 cm³/mol. The van der Waals surface area contributed by atoms with E-state index in [-0.39, 0.29) is 68.4 Å². The average Bonchev–Trinajstić information content (AvgIpc) is 0.819. The van der Waals surface area contributed by atoms with Crippen LogP contribution in [0.5, 0.6) is 5.75 Å². The Morgan fingerprint density at radius 3 is 1.44 bits per heavy atom. The SMILES string of the molecule is CC(C)NCc1ccc(C[C@H]2C(=O)N[C@H]([C@@H](C)O)C(=O)N[C@@H](Cc3ccc(O)cc3)C(=O)N[C@H]([C@@H](C)O)C(=O)N[C@@H](CO)C(=O)N[C@H](C(N)=O)CSSC[C@@H](N)C(=O)N[C@H](CCCCN)C(=O)N[C@H](Cc3ccccc3)C(=O)N[C@@H](Cc3ccccc3)C(=O)N[C@@H](Cc3ccc4ccccc4c3)C(=O)N2C)cc1. The lowest BCUT2D eigenvalue weighted by molar-refractivity contribution is -0.143. The van der Waals surface area contributed by atoms with Gasteiger partial charge in [-0.25, -0.2) is 0 Å². The van der Waals surface area contributed by atoms with Crippen LogP contribution < -0.4 is 70.4 Å². The number of amides is 11. The minimum Gasteiger partial charge on any atom is -0.508 e. The molecule has 0 aliphatic carbocycles. The number of benzene rings is 6. The molecule has 0 saturated carbocycles. The van der Waals surface area contributed by atoms with E-state index in [0.717, 1.165) is 49.7 Å². The standard InChI is InChI=1S/C77H100N14O15S2/c1-44(2)81-40-51-25-23-50(24-26-51)39-64-74(103)90-66(46(4)94)75(104)85-60(37-49-28-31-55(95)32-29-49)72(101)89-65(45(3)93)76(105)87-62(41-92)73(102)88-63(67(80)96)43-108-107-42-56(79)68(97)82-57(22-14-15-33-78)69(98)83-58(35-47-16-8-6-9-17-47)70(99)84-59(36-48-18-10-7-11-19-48)71(100)86-61(77(106)91(64)5)38-52-27-30-53-20-12-13-21-54(53)34-52/h6-13,16-21,23-32,34,44-46,56-66,81,92-95H,14-15,22,33,35-43,78-79H2,1-5H3,(H2,80,96)(H,82,97)(H,83,98)(H,84,99)(H,85,104)(H,86,100)(H,87,105)(H,88,102)(H,89,101)(H,90,103)/t45-,46-,56-,57-,58-,59+,60+,61+,62+,63+,64+,65-,66-/m1/s1. The van der Waals surface area contributed by atoms with Crippen LogP contribution in [0.25, 0.3) is 10.8 Å². The summed E-state index contributed by atoms with van der Waals surface area (Å²) in [5, 5.41) is 71.7. The molecule has 1 fully saturated rings. The van der Waals surface area contributed by atoms with Crippen LogP contribution >= 0.6 is 21.6 Å². The van der Waals surface area contributed by atoms with E-state index >= 15 is 19.2 Å². The molecule has 1 heterocycles. The number of aliphatic hydroxyl groups is 3. The van der Waals surface area contributed by atoms with Gasteiger partial charge in [0, 0.05) is 63.2 Å². The highest BCUT2D eigenvalue weighted by Gasteiger charge is 2.40. The summed E-state index contributed by atoms with van der Waals surface area (Å²) in [5.41, 5.74) is 21.5. The van der Waals surface area contributed by atoms with Crippen LogP contribution in [0.15, 0.2) is 152 Å². The molecule has 1 saturated heterocycles. The van der Waals surface area contributed by atoms with Crippen molar-refractivity contribution in [3.63, 3.8) is 0 Å². The molecule has 580 valence electrons. The number of phenolic OH excluding ortho intramolecular Hbond substituents is 1. The van der Waals surface area contributed by atoms with Gasteiger partial charge in [0.05, 0.1) is 24.9 Å². The largest absolute Gasteiger partial charge is 0.508 e. The van der Waals surface area contributed by atoms with Crippen molar-refractivity contribution in [2.45, 2.75) is 170 Å². The molecule has 7 rings (SSSR count). The average molecular weight is 1530 g/mol. The summed E-state index contributed by atoms with van der Waals surface area (Å²) >= 11 is 0. The number of fused-ring (bicyclic) bond motifs is 1. The fourth-order valence-corrected chi connectivity index (χ4v) is 14.1. The highest BCUT2D eigenvalue weighted by atomic mass is 33.1. The van der Waals surface area contributed by atoms with E-state index in [2.05, 4.69) is 53.2 Å². The van der Waals surface area contributed by atoms with E-state index in [1.165, 1.54) is 38.2 Å². The van der Waals surface area contributed by atoms with Crippen molar-refractivity contribution in [1.82, 2.24) is 58.1 Å². The predicted octanol–water partition coefficient (Wildman–Crippen LogP) is -0.163. The first-order chi connectivity index (χ1) is 51.6. The molecule has 0 unspecified atom stereocenters. The Morgan fingerprint density at radius 1 is 0.481 bits per heavy atom. The molecule has 0 aromatic heterocycles. The number of carbonyl (C=O) groups excluding carboxylic acids is 11. The molecule has 108 heavy (non-hydrogen) atoms. The number of primary amides is 1. The molecule has 1 aliphatic rings. The van der Waals surface area contributed by atoms with Crippen molar-refractivity contribution in [2.24, 2.45) is 17.2 Å². The second-order valence-electron chi connectivity index (χ2n) is 27.1. The van der Waals surface area contributed by atoms with Crippen molar-refractivity contribution in [2.75, 3.05) is 31.7 Å². The molecule has 0 spiro atoms. The number of hydrogen-bond donors (Lipinski definition) is 17. The van der Waals surface area contributed by atoms with Gasteiger partial charge < -0.3 is 95.7 Å². The number of unbranched alkanes of at least 4 members (excludes halogenated alkanes) is 1. The van der Waals surface area contributed by atoms with Crippen molar-refractivity contribution >= 4 is 97.3 Å². The fraction of sp³-hybridized carbons (Fsp3) is 0.416. The molecule has 11 amide bonds. The normalized spacial score (nSPS) is 23.5. The first kappa shape index (κ1) is 85.3. The van der Waals surface area contributed by atoms with Crippen LogP contribution in [0.2, 0.25) is 0 Å². The van der Waals surface area contributed by atoms with Crippen molar-refractivity contribution in [3.05, 3.63) is 185 Å². The third-order valence-electron chi connectivity index (χ3n) is 18.1. The molecular formula is C77H100N14O15S2. The number of likely N-dealkylation sites (N-methyl/N-ethyl adjacent to an activating group) is 1. The number of nitrogens with one attached hydrogen (secondary N) is 10. The maximum absolute atomic E-state index is 15.9. The van der Waals surface area contributed by atoms with Gasteiger partial charge in [0.1, 0.15) is 66.2 Å². The van der Waals surface area contributed by atoms with Gasteiger partial charge in [-0.1, -0.05) is 175 Å². The first-order valence-corrected chi connectivity index (χ1v) is 38.2. The third kappa shape index (κ3) is 26.5. The number of rotatable bonds is 21. The highest BCUT2D eigenvalue weighted by Crippen LogP contribution is 2.24. The Bertz CT molecular complexity index is 4020. The molecule has 6 aromatic rings. The van der Waals surface area contributed by atoms with Gasteiger partial charge >= 0.3 is 0 Å². The summed E-state index contributed by atoms with van der Waals surface area (Å²) in [6.45, 7) is 5.93. The molecule has 0 bridgehead atoms. The van der Waals surface area contributed by atoms with Gasteiger partial charge in [0.25, 0.3) is 0 Å². The van der Waals surface area contributed by atoms with E-state index in [4.69, 9.17) is 17.2 Å². The summed E-state index contributed by atoms with van der Waals surface area (Å²) < 4.78 is 0. The van der Waals surface area contributed by atoms with Crippen LogP contribution in [0.1, 0.15) is 80.3 Å². The molecule has 13 atom stereocenters. The Morgan fingerprint density at radius 2 is 0.907 bits per heavy atom. The zero-order valence-corrected chi connectivity index (χ0v) is 62.6. The summed E-state index contributed by atoms with van der Waals surface area (Å²) in [4.78, 5) is 162. The Balaban J connectivity index is 1.34. The lowest BCUT2D eigenvalue weighted by atomic mass is 9.97. The monoisotopic (exact) mass is 1520 g/mol. The second kappa shape index (κ2) is 42.5. The van der Waals surface area contributed by atoms with Gasteiger partial charge in [-0.3, -0.25) is 52.7 Å². The van der Waals surface area contributed by atoms with E-state index in [9.17, 15) is 54.0 Å². The number of phenols is 1. The maximum Gasteiger partial charge on any atom is 0.245 e. The Kier molecular flexibility index (Phi) is 33.6. The molecule has 6 aromatic carbocycles. The van der Waals surface area contributed by atoms with E-state index in [0.29, 0.717) is 47.2 Å². The maximum atomic E-state index is 15.9. The second-order valence-corrected chi connectivity index (χ2v) is 29.6. The number of nitrogens with two attached hydrogens (primary N) is 3. The zero-order valence-electron chi connectivity index (χ0n) is 61.0. The van der Waals surface area contributed by atoms with Crippen LogP contribution in [0.4, 0.5) is 0 Å². The zero-order chi connectivity index (χ0) is 78.6. The molecule has 20 N–H and O–H groups in total. The smallest absolute Gasteiger partial charge is 0.245 e. The van der Waals surface area contributed by atoms with Crippen LogP contribution in [-0.2, 0) is 91.4 Å². The van der Waals surface area contributed by atoms with Crippen molar-refractivity contribution in [3.8, 4) is 5.75 Å². The third-order valence-corrected chi connectivity index (χ3v) is 20.5. The minimum absolute atomic E-state index is 0.0384. The number of aliphatic hydroxyl groups excluding tert-OH is 3. The Labute approximate surface area is 635 Å². The number of hydrogen-bond acceptors (Lipinski definition) is 20. The van der Waals surface area contributed by atoms with Crippen LogP contribution in [0.3, 0.4) is 0 Å². The summed E-state index contributed by atoms with van der Waals surface area (Å²) in [5.74, 6) is -11.3. The lowest BCUT2D eigenvalue weighted by Gasteiger charge is -2.33. The van der Waals surface area contributed by atoms with Gasteiger partial charge in [-0.2, -0.15) is 0 Å². The van der Waals surface area contributed by atoms with Crippen molar-refractivity contribution < 1.29 is 73.2 Å². The number of carbonyl (C=O) groups is 11. The summed E-state index contributed by atoms with van der Waals surface area (Å²) in [7, 11) is 3.29. The quantitative estimate of drug-likeness (QED) is 0.0329. The topological polar surface area (TPSA) is 470 Å². The Hall–Kier alpha value is -9.99. The highest BCUT2D eigenvalue weighted by molar-refractivity contribution is 8.76. The number of aromatic hydroxyl groups is 1.